The van der Waals surface area contributed by atoms with Crippen LogP contribution in [-0.4, -0.2) is 84.6 Å². The number of unbranched alkanes of at least 4 members (excludes halogenated alkanes) is 13. The van der Waals surface area contributed by atoms with Gasteiger partial charge in [0.2, 0.25) is 10.0 Å². The molecular weight excluding hydrogens is 631 g/mol. The molecular formula is C27H57IN6O2S2. The van der Waals surface area contributed by atoms with Crippen LogP contribution >= 0.6 is 11.8 Å². The summed E-state index contributed by atoms with van der Waals surface area (Å²) in [6, 6.07) is -0.0835. The number of sulfonamides is 1. The summed E-state index contributed by atoms with van der Waals surface area (Å²) in [6.07, 6.45) is 19.8. The minimum absolute atomic E-state index is 0. The minimum atomic E-state index is -3.32. The fourth-order valence-electron chi connectivity index (χ4n) is 4.43. The van der Waals surface area contributed by atoms with E-state index < -0.39 is 10.0 Å². The zero-order valence-corrected chi connectivity index (χ0v) is 28.8. The lowest BCUT2D eigenvalue weighted by atomic mass is 10.0. The van der Waals surface area contributed by atoms with E-state index in [0.29, 0.717) is 18.8 Å². The van der Waals surface area contributed by atoms with Crippen molar-refractivity contribution in [2.75, 3.05) is 51.5 Å². The van der Waals surface area contributed by atoms with E-state index in [9.17, 15) is 8.42 Å². The molecule has 0 amide bonds. The van der Waals surface area contributed by atoms with Crippen LogP contribution in [0.2, 0.25) is 0 Å². The van der Waals surface area contributed by atoms with E-state index in [1.807, 2.05) is 18.7 Å². The SMILES string of the molecule is CCCCCCCCCCCCCCCCSCC(CNS(=O)(=O)CCC[N+](C)(C)C)n1nnnc1C.[I-]. The Morgan fingerprint density at radius 3 is 1.87 bits per heavy atom. The third kappa shape index (κ3) is 20.9. The summed E-state index contributed by atoms with van der Waals surface area (Å²) >= 11 is 1.87. The lowest BCUT2D eigenvalue weighted by Crippen LogP contribution is -3.00. The van der Waals surface area contributed by atoms with Gasteiger partial charge in [-0.05, 0) is 29.5 Å². The monoisotopic (exact) mass is 688 g/mol. The average molecular weight is 689 g/mol. The Morgan fingerprint density at radius 1 is 0.868 bits per heavy atom. The van der Waals surface area contributed by atoms with Crippen LogP contribution in [0.1, 0.15) is 115 Å². The second-order valence-corrected chi connectivity index (χ2v) is 14.6. The quantitative estimate of drug-likeness (QED) is 0.0967. The number of aromatic nitrogens is 4. The molecule has 0 aliphatic carbocycles. The number of halogens is 1. The molecule has 0 fully saturated rings. The van der Waals surface area contributed by atoms with Crippen LogP contribution < -0.4 is 28.7 Å². The highest BCUT2D eigenvalue weighted by Crippen LogP contribution is 2.18. The molecule has 0 spiro atoms. The van der Waals surface area contributed by atoms with Crippen molar-refractivity contribution in [2.24, 2.45) is 0 Å². The molecule has 0 aliphatic heterocycles. The summed E-state index contributed by atoms with van der Waals surface area (Å²) in [5.41, 5.74) is 0. The van der Waals surface area contributed by atoms with Gasteiger partial charge in [0.25, 0.3) is 0 Å². The van der Waals surface area contributed by atoms with Gasteiger partial charge in [0, 0.05) is 18.7 Å². The second-order valence-electron chi connectivity index (χ2n) is 11.5. The van der Waals surface area contributed by atoms with Gasteiger partial charge in [0.15, 0.2) is 0 Å². The van der Waals surface area contributed by atoms with Crippen LogP contribution in [0.4, 0.5) is 0 Å². The number of nitrogens with zero attached hydrogens (tertiary/aromatic N) is 5. The van der Waals surface area contributed by atoms with E-state index in [2.05, 4.69) is 48.3 Å². The van der Waals surface area contributed by atoms with Gasteiger partial charge in [-0.25, -0.2) is 17.8 Å². The van der Waals surface area contributed by atoms with Crippen molar-refractivity contribution < 1.29 is 36.9 Å². The second kappa shape index (κ2) is 22.7. The number of tetrazole rings is 1. The maximum atomic E-state index is 12.5. The lowest BCUT2D eigenvalue weighted by Gasteiger charge is -2.23. The van der Waals surface area contributed by atoms with Gasteiger partial charge in [-0.3, -0.25) is 0 Å². The molecule has 0 bridgehead atoms. The highest BCUT2D eigenvalue weighted by atomic mass is 127. The number of nitrogens with one attached hydrogen (secondary N) is 1. The van der Waals surface area contributed by atoms with Crippen molar-refractivity contribution in [3.05, 3.63) is 5.82 Å². The first kappa shape index (κ1) is 38.0. The summed E-state index contributed by atoms with van der Waals surface area (Å²) in [4.78, 5) is 0. The standard InChI is InChI=1S/C27H57N6O2S2.HI/c1-6-7-8-9-10-11-12-13-14-15-16-17-18-19-22-36-25-27(32-26(2)29-30-31-32)24-28-37(34,35)23-20-21-33(3,4)5;/h27-28H,6-25H2,1-5H3;1H/q+1;/p-1. The first-order valence-electron chi connectivity index (χ1n) is 14.7. The van der Waals surface area contributed by atoms with Crippen LogP contribution in [0.15, 0.2) is 0 Å². The summed E-state index contributed by atoms with van der Waals surface area (Å²) in [5.74, 6) is 2.75. The number of quaternary nitrogens is 1. The first-order valence-corrected chi connectivity index (χ1v) is 17.6. The van der Waals surface area contributed by atoms with Gasteiger partial charge in [0.05, 0.1) is 39.5 Å². The van der Waals surface area contributed by atoms with Gasteiger partial charge in [0.1, 0.15) is 5.82 Å². The maximum absolute atomic E-state index is 12.5. The predicted molar refractivity (Wildman–Crippen MR) is 159 cm³/mol. The van der Waals surface area contributed by atoms with Crippen molar-refractivity contribution >= 4 is 21.8 Å². The molecule has 8 nitrogen and oxygen atoms in total. The highest BCUT2D eigenvalue weighted by Gasteiger charge is 2.20. The average Bonchev–Trinajstić information content (AvgIpc) is 3.25. The third-order valence-electron chi connectivity index (χ3n) is 6.74. The van der Waals surface area contributed by atoms with E-state index in [1.165, 1.54) is 89.9 Å². The lowest BCUT2D eigenvalue weighted by molar-refractivity contribution is -0.870. The summed E-state index contributed by atoms with van der Waals surface area (Å²) in [5, 5.41) is 11.9. The van der Waals surface area contributed by atoms with Crippen LogP contribution in [0, 0.1) is 6.92 Å². The summed E-state index contributed by atoms with van der Waals surface area (Å²) < 4.78 is 30.3. The molecule has 0 saturated heterocycles. The molecule has 1 N–H and O–H groups in total. The van der Waals surface area contributed by atoms with E-state index in [4.69, 9.17) is 0 Å². The molecule has 1 unspecified atom stereocenters. The topological polar surface area (TPSA) is 89.8 Å². The van der Waals surface area contributed by atoms with Crippen LogP contribution in [-0.2, 0) is 10.0 Å². The van der Waals surface area contributed by atoms with Crippen LogP contribution in [0.25, 0.3) is 0 Å². The molecule has 1 heterocycles. The Labute approximate surface area is 255 Å². The van der Waals surface area contributed by atoms with E-state index >= 15 is 0 Å². The highest BCUT2D eigenvalue weighted by molar-refractivity contribution is 7.99. The van der Waals surface area contributed by atoms with Crippen molar-refractivity contribution in [2.45, 2.75) is 116 Å². The zero-order chi connectivity index (χ0) is 27.4. The predicted octanol–water partition coefficient (Wildman–Crippen LogP) is 2.76. The largest absolute Gasteiger partial charge is 1.00 e. The zero-order valence-electron chi connectivity index (χ0n) is 25.0. The number of aryl methyl sites for hydroxylation is 1. The van der Waals surface area contributed by atoms with Crippen LogP contribution in [0.3, 0.4) is 0 Å². The molecule has 1 aromatic rings. The first-order chi connectivity index (χ1) is 17.6. The molecule has 0 aliphatic rings. The van der Waals surface area contributed by atoms with E-state index in [-0.39, 0.29) is 35.8 Å². The number of rotatable bonds is 25. The Morgan fingerprint density at radius 2 is 1.39 bits per heavy atom. The number of hydrogen-bond donors (Lipinski definition) is 1. The Balaban J connectivity index is 0.0000137. The Bertz CT molecular complexity index is 787. The number of hydrogen-bond acceptors (Lipinski definition) is 6. The Kier molecular flexibility index (Phi) is 22.7. The Hall–Kier alpha value is 0.0200. The van der Waals surface area contributed by atoms with Crippen molar-refractivity contribution in [1.29, 1.82) is 0 Å². The fourth-order valence-corrected chi connectivity index (χ4v) is 6.64. The molecule has 0 radical (unpaired) electrons. The van der Waals surface area contributed by atoms with Crippen molar-refractivity contribution in [1.82, 2.24) is 24.9 Å². The maximum Gasteiger partial charge on any atom is 0.211 e. The van der Waals surface area contributed by atoms with Crippen molar-refractivity contribution in [3.63, 3.8) is 0 Å². The van der Waals surface area contributed by atoms with Gasteiger partial charge in [-0.15, -0.1) is 5.10 Å². The van der Waals surface area contributed by atoms with E-state index in [0.717, 1.165) is 22.5 Å². The van der Waals surface area contributed by atoms with E-state index in [1.54, 1.807) is 4.68 Å². The molecule has 226 valence electrons. The molecule has 0 saturated carbocycles. The third-order valence-corrected chi connectivity index (χ3v) is 9.37. The normalized spacial score (nSPS) is 13.0. The van der Waals surface area contributed by atoms with Gasteiger partial charge >= 0.3 is 0 Å². The molecule has 0 aromatic carbocycles. The molecule has 38 heavy (non-hydrogen) atoms. The molecule has 1 rings (SSSR count). The summed E-state index contributed by atoms with van der Waals surface area (Å²) in [6.45, 7) is 5.29. The summed E-state index contributed by atoms with van der Waals surface area (Å²) in [7, 11) is 2.91. The van der Waals surface area contributed by atoms with Crippen molar-refractivity contribution in [3.8, 4) is 0 Å². The fraction of sp³-hybridized carbons (Fsp3) is 0.963. The minimum Gasteiger partial charge on any atom is -1.00 e. The van der Waals surface area contributed by atoms with Gasteiger partial charge in [-0.1, -0.05) is 90.4 Å². The number of thioether (sulfide) groups is 1. The van der Waals surface area contributed by atoms with Gasteiger partial charge in [-0.2, -0.15) is 11.8 Å². The van der Waals surface area contributed by atoms with Gasteiger partial charge < -0.3 is 28.5 Å². The smallest absolute Gasteiger partial charge is 0.211 e. The van der Waals surface area contributed by atoms with Crippen LogP contribution in [0.5, 0.6) is 0 Å². The molecule has 1 atom stereocenters. The molecule has 11 heteroatoms. The molecule has 1 aromatic heterocycles.